The van der Waals surface area contributed by atoms with Crippen LogP contribution >= 0.6 is 11.8 Å². The fraction of sp³-hybridized carbons (Fsp3) is 0.281. The molecule has 6 rings (SSSR count). The number of rotatable bonds is 8. The highest BCUT2D eigenvalue weighted by molar-refractivity contribution is 7.99. The Hall–Kier alpha value is -4.24. The molecule has 0 saturated heterocycles. The minimum atomic E-state index is -0.128. The zero-order valence-electron chi connectivity index (χ0n) is 23.3. The molecule has 0 unspecified atom stereocenters. The van der Waals surface area contributed by atoms with Gasteiger partial charge in [0, 0.05) is 35.6 Å². The maximum absolute atomic E-state index is 13.3. The molecular formula is C32H33N7OS. The van der Waals surface area contributed by atoms with Gasteiger partial charge in [0.2, 0.25) is 5.91 Å². The Bertz CT molecular complexity index is 1610. The van der Waals surface area contributed by atoms with Crippen molar-refractivity contribution in [2.75, 3.05) is 11.1 Å². The van der Waals surface area contributed by atoms with E-state index in [9.17, 15) is 4.79 Å². The van der Waals surface area contributed by atoms with Crippen molar-refractivity contribution in [1.29, 1.82) is 0 Å². The molecule has 1 amide bonds. The summed E-state index contributed by atoms with van der Waals surface area (Å²) in [6, 6.07) is 24.2. The van der Waals surface area contributed by atoms with Gasteiger partial charge >= 0.3 is 0 Å². The number of nitrogens with zero attached hydrogens (tertiary/aromatic N) is 6. The molecule has 3 heterocycles. The van der Waals surface area contributed by atoms with E-state index in [1.165, 1.54) is 36.6 Å². The van der Waals surface area contributed by atoms with Crippen LogP contribution < -0.4 is 5.32 Å². The van der Waals surface area contributed by atoms with E-state index >= 15 is 0 Å². The van der Waals surface area contributed by atoms with E-state index in [4.69, 9.17) is 5.10 Å². The van der Waals surface area contributed by atoms with Crippen molar-refractivity contribution < 1.29 is 4.79 Å². The normalized spacial score (nSPS) is 16.9. The molecule has 2 atom stereocenters. The van der Waals surface area contributed by atoms with Crippen LogP contribution in [0.15, 0.2) is 90.3 Å². The van der Waals surface area contributed by atoms with Crippen molar-refractivity contribution in [3.8, 4) is 28.3 Å². The zero-order chi connectivity index (χ0) is 28.2. The van der Waals surface area contributed by atoms with Gasteiger partial charge in [-0.05, 0) is 49.9 Å². The molecule has 2 aromatic carbocycles. The Morgan fingerprint density at radius 1 is 0.976 bits per heavy atom. The van der Waals surface area contributed by atoms with E-state index in [2.05, 4.69) is 51.0 Å². The Labute approximate surface area is 244 Å². The number of nitrogens with one attached hydrogen (secondary N) is 1. The lowest BCUT2D eigenvalue weighted by atomic mass is 9.85. The third-order valence-corrected chi connectivity index (χ3v) is 8.58. The fourth-order valence-electron chi connectivity index (χ4n) is 5.46. The summed E-state index contributed by atoms with van der Waals surface area (Å²) in [6.07, 6.45) is 8.25. The van der Waals surface area contributed by atoms with Crippen LogP contribution in [0, 0.1) is 12.8 Å². The van der Waals surface area contributed by atoms with Gasteiger partial charge in [-0.15, -0.1) is 10.2 Å². The first kappa shape index (κ1) is 27.0. The molecule has 9 heteroatoms. The molecular weight excluding hydrogens is 530 g/mol. The Morgan fingerprint density at radius 2 is 1.78 bits per heavy atom. The number of aryl methyl sites for hydroxylation is 1. The predicted octanol–water partition coefficient (Wildman–Crippen LogP) is 6.98. The zero-order valence-corrected chi connectivity index (χ0v) is 24.1. The van der Waals surface area contributed by atoms with Gasteiger partial charge in [-0.1, -0.05) is 79.6 Å². The molecule has 5 aromatic rings. The summed E-state index contributed by atoms with van der Waals surface area (Å²) in [5, 5.41) is 17.8. The van der Waals surface area contributed by atoms with E-state index in [0.29, 0.717) is 11.7 Å². The largest absolute Gasteiger partial charge is 0.310 e. The molecule has 0 aliphatic heterocycles. The number of carbonyl (C=O) groups excluding carboxylic acids is 1. The standard InChI is InChI=1S/C32H33N7OS/c1-22-14-16-24(17-15-22)27-19-29(39(37-27)26-11-4-3-5-12-26)34-30(40)21-41-32-36-35-31(25-10-8-18-33-20-25)38(32)28-13-7-6-9-23(28)2/h3-5,8,10-12,14-20,23,28H,6-7,9,13,21H2,1-2H3,(H,34,40)/t23-,28-/m1/s1. The van der Waals surface area contributed by atoms with Gasteiger partial charge in [0.25, 0.3) is 0 Å². The van der Waals surface area contributed by atoms with E-state index in [1.807, 2.05) is 66.9 Å². The third-order valence-electron chi connectivity index (χ3n) is 7.64. The van der Waals surface area contributed by atoms with Crippen molar-refractivity contribution in [2.24, 2.45) is 5.92 Å². The van der Waals surface area contributed by atoms with Crippen molar-refractivity contribution in [2.45, 2.75) is 50.7 Å². The van der Waals surface area contributed by atoms with Gasteiger partial charge < -0.3 is 5.32 Å². The van der Waals surface area contributed by atoms with Crippen LogP contribution in [0.3, 0.4) is 0 Å². The first-order valence-electron chi connectivity index (χ1n) is 14.1. The van der Waals surface area contributed by atoms with Crippen LogP contribution in [0.2, 0.25) is 0 Å². The summed E-state index contributed by atoms with van der Waals surface area (Å²) in [5.41, 5.74) is 4.78. The van der Waals surface area contributed by atoms with Gasteiger partial charge in [-0.3, -0.25) is 14.3 Å². The molecule has 8 nitrogen and oxygen atoms in total. The predicted molar refractivity (Wildman–Crippen MR) is 163 cm³/mol. The molecule has 0 bridgehead atoms. The van der Waals surface area contributed by atoms with E-state index in [0.717, 1.165) is 39.9 Å². The highest BCUT2D eigenvalue weighted by Gasteiger charge is 2.29. The minimum Gasteiger partial charge on any atom is -0.310 e. The number of pyridine rings is 1. The molecule has 3 aromatic heterocycles. The summed E-state index contributed by atoms with van der Waals surface area (Å²) < 4.78 is 4.02. The second kappa shape index (κ2) is 12.1. The average molecular weight is 564 g/mol. The van der Waals surface area contributed by atoms with Gasteiger partial charge in [0.1, 0.15) is 5.82 Å². The molecule has 1 aliphatic carbocycles. The van der Waals surface area contributed by atoms with Crippen LogP contribution in [0.1, 0.15) is 44.2 Å². The second-order valence-corrected chi connectivity index (χ2v) is 11.6. The second-order valence-electron chi connectivity index (χ2n) is 10.6. The van der Waals surface area contributed by atoms with Crippen molar-refractivity contribution >= 4 is 23.5 Å². The number of para-hydroxylation sites is 1. The van der Waals surface area contributed by atoms with Gasteiger partial charge in [-0.2, -0.15) is 5.10 Å². The monoisotopic (exact) mass is 563 g/mol. The number of carbonyl (C=O) groups is 1. The molecule has 0 spiro atoms. The first-order valence-corrected chi connectivity index (χ1v) is 15.1. The van der Waals surface area contributed by atoms with Crippen LogP contribution in [0.4, 0.5) is 5.82 Å². The van der Waals surface area contributed by atoms with Crippen molar-refractivity contribution in [3.63, 3.8) is 0 Å². The quantitative estimate of drug-likeness (QED) is 0.205. The highest BCUT2D eigenvalue weighted by Crippen LogP contribution is 2.39. The van der Waals surface area contributed by atoms with Gasteiger partial charge in [0.05, 0.1) is 17.1 Å². The van der Waals surface area contributed by atoms with Gasteiger partial charge in [0.15, 0.2) is 11.0 Å². The lowest BCUT2D eigenvalue weighted by Crippen LogP contribution is -2.23. The fourth-order valence-corrected chi connectivity index (χ4v) is 6.25. The lowest BCUT2D eigenvalue weighted by Gasteiger charge is -2.31. The SMILES string of the molecule is Cc1ccc(-c2cc(NC(=O)CSc3nnc(-c4cccnc4)n3[C@@H]3CCCC[C@H]3C)n(-c3ccccc3)n2)cc1. The first-order chi connectivity index (χ1) is 20.1. The number of hydrogen-bond acceptors (Lipinski definition) is 6. The highest BCUT2D eigenvalue weighted by atomic mass is 32.2. The summed E-state index contributed by atoms with van der Waals surface area (Å²) >= 11 is 1.42. The molecule has 1 N–H and O–H groups in total. The maximum Gasteiger partial charge on any atom is 0.236 e. The number of amides is 1. The third kappa shape index (κ3) is 5.95. The summed E-state index contributed by atoms with van der Waals surface area (Å²) in [5.74, 6) is 2.01. The minimum absolute atomic E-state index is 0.128. The Morgan fingerprint density at radius 3 is 2.54 bits per heavy atom. The van der Waals surface area contributed by atoms with E-state index < -0.39 is 0 Å². The molecule has 1 saturated carbocycles. The van der Waals surface area contributed by atoms with Crippen LogP contribution in [0.5, 0.6) is 0 Å². The number of anilines is 1. The number of benzene rings is 2. The van der Waals surface area contributed by atoms with Crippen LogP contribution in [-0.2, 0) is 4.79 Å². The Balaban J connectivity index is 1.25. The molecule has 1 fully saturated rings. The van der Waals surface area contributed by atoms with Crippen molar-refractivity contribution in [1.82, 2.24) is 29.5 Å². The maximum atomic E-state index is 13.3. The average Bonchev–Trinajstić information content (AvgIpc) is 3.62. The number of aromatic nitrogens is 6. The summed E-state index contributed by atoms with van der Waals surface area (Å²) in [7, 11) is 0. The van der Waals surface area contributed by atoms with Crippen LogP contribution in [0.25, 0.3) is 28.3 Å². The molecule has 208 valence electrons. The van der Waals surface area contributed by atoms with E-state index in [-0.39, 0.29) is 17.7 Å². The lowest BCUT2D eigenvalue weighted by molar-refractivity contribution is -0.113. The number of thioether (sulfide) groups is 1. The smallest absolute Gasteiger partial charge is 0.236 e. The Kier molecular flexibility index (Phi) is 7.95. The topological polar surface area (TPSA) is 90.5 Å². The molecule has 41 heavy (non-hydrogen) atoms. The summed E-state index contributed by atoms with van der Waals surface area (Å²) in [6.45, 7) is 4.36. The van der Waals surface area contributed by atoms with Gasteiger partial charge in [-0.25, -0.2) is 4.68 Å². The molecule has 1 aliphatic rings. The van der Waals surface area contributed by atoms with E-state index in [1.54, 1.807) is 10.9 Å². The van der Waals surface area contributed by atoms with Crippen LogP contribution in [-0.4, -0.2) is 41.2 Å². The number of hydrogen-bond donors (Lipinski definition) is 1. The molecule has 0 radical (unpaired) electrons. The van der Waals surface area contributed by atoms with Crippen molar-refractivity contribution in [3.05, 3.63) is 90.8 Å². The summed E-state index contributed by atoms with van der Waals surface area (Å²) in [4.78, 5) is 17.6.